The number of aromatic nitrogens is 4. The normalized spacial score (nSPS) is 16.3. The molecule has 28 heavy (non-hydrogen) atoms. The van der Waals surface area contributed by atoms with Crippen LogP contribution in [0.15, 0.2) is 36.9 Å². The van der Waals surface area contributed by atoms with Crippen molar-refractivity contribution in [1.82, 2.24) is 29.7 Å². The fourth-order valence-electron chi connectivity index (χ4n) is 3.27. The Morgan fingerprint density at radius 3 is 2.89 bits per heavy atom. The van der Waals surface area contributed by atoms with E-state index in [2.05, 4.69) is 20.3 Å². The van der Waals surface area contributed by atoms with E-state index in [4.69, 9.17) is 17.3 Å². The van der Waals surface area contributed by atoms with Gasteiger partial charge in [0.05, 0.1) is 12.4 Å². The molecule has 3 aromatic rings. The van der Waals surface area contributed by atoms with E-state index in [1.807, 2.05) is 29.2 Å². The lowest BCUT2D eigenvalue weighted by Crippen LogP contribution is -2.49. The largest absolute Gasteiger partial charge is 0.382 e. The summed E-state index contributed by atoms with van der Waals surface area (Å²) in [5.41, 5.74) is 7.89. The first-order chi connectivity index (χ1) is 12.6. The zero-order chi connectivity index (χ0) is 18.1. The lowest BCUT2D eigenvalue weighted by Gasteiger charge is -2.36. The monoisotopic (exact) mass is 443 g/mol. The summed E-state index contributed by atoms with van der Waals surface area (Å²) >= 11 is 6.12. The summed E-state index contributed by atoms with van der Waals surface area (Å²) in [6.45, 7) is 2.21. The summed E-state index contributed by atoms with van der Waals surface area (Å²) in [5.74, 6) is 0.299. The van der Waals surface area contributed by atoms with Crippen LogP contribution in [0.1, 0.15) is 11.6 Å². The Hall–Kier alpha value is -2.13. The van der Waals surface area contributed by atoms with Gasteiger partial charge in [0.2, 0.25) is 5.91 Å². The minimum atomic E-state index is -0.0653. The minimum absolute atomic E-state index is 0. The highest BCUT2D eigenvalue weighted by Crippen LogP contribution is 2.25. The molecule has 1 aliphatic heterocycles. The Bertz CT molecular complexity index is 965. The number of carbonyl (C=O) groups excluding carboxylic acids is 1. The van der Waals surface area contributed by atoms with Gasteiger partial charge in [-0.25, -0.2) is 15.0 Å². The van der Waals surface area contributed by atoms with Crippen molar-refractivity contribution >= 4 is 59.3 Å². The van der Waals surface area contributed by atoms with Crippen molar-refractivity contribution in [2.45, 2.75) is 12.6 Å². The molecule has 3 N–H and O–H groups in total. The standard InChI is InChI=1S/C17H18ClN7O.2ClH/c18-12-3-1-2-11(6-12)13-7-20-4-5-25(13)14(26)8-24-10-23-15-16(19)21-9-22-17(15)24;;/h1-3,6,9-10,13,20H,4-5,7-8H2,(H2,19,21,22);2*1H. The van der Waals surface area contributed by atoms with Crippen LogP contribution in [0.25, 0.3) is 11.2 Å². The van der Waals surface area contributed by atoms with Gasteiger partial charge >= 0.3 is 0 Å². The van der Waals surface area contributed by atoms with Crippen LogP contribution in [-0.2, 0) is 11.3 Å². The Morgan fingerprint density at radius 1 is 1.29 bits per heavy atom. The molecule has 0 saturated carbocycles. The fraction of sp³-hybridized carbons (Fsp3) is 0.294. The number of carbonyl (C=O) groups is 1. The molecule has 8 nitrogen and oxygen atoms in total. The highest BCUT2D eigenvalue weighted by atomic mass is 35.5. The number of piperazine rings is 1. The van der Waals surface area contributed by atoms with Gasteiger partial charge in [-0.2, -0.15) is 0 Å². The van der Waals surface area contributed by atoms with Crippen molar-refractivity contribution in [2.24, 2.45) is 0 Å². The van der Waals surface area contributed by atoms with Gasteiger partial charge in [-0.3, -0.25) is 4.79 Å². The number of fused-ring (bicyclic) bond motifs is 1. The average molecular weight is 445 g/mol. The first kappa shape index (κ1) is 22.2. The topological polar surface area (TPSA) is 102 Å². The van der Waals surface area contributed by atoms with Crippen molar-refractivity contribution in [2.75, 3.05) is 25.4 Å². The van der Waals surface area contributed by atoms with E-state index >= 15 is 0 Å². The van der Waals surface area contributed by atoms with E-state index in [1.54, 1.807) is 10.9 Å². The van der Waals surface area contributed by atoms with E-state index < -0.39 is 0 Å². The maximum Gasteiger partial charge on any atom is 0.243 e. The highest BCUT2D eigenvalue weighted by Gasteiger charge is 2.28. The number of halogens is 3. The molecule has 1 fully saturated rings. The van der Waals surface area contributed by atoms with E-state index in [9.17, 15) is 4.79 Å². The summed E-state index contributed by atoms with van der Waals surface area (Å²) in [6.07, 6.45) is 2.95. The predicted molar refractivity (Wildman–Crippen MR) is 113 cm³/mol. The summed E-state index contributed by atoms with van der Waals surface area (Å²) in [7, 11) is 0. The zero-order valence-electron chi connectivity index (χ0n) is 14.8. The van der Waals surface area contributed by atoms with Gasteiger partial charge in [0.1, 0.15) is 18.4 Å². The third-order valence-corrected chi connectivity index (χ3v) is 4.77. The quantitative estimate of drug-likeness (QED) is 0.641. The number of amides is 1. The molecule has 1 unspecified atom stereocenters. The van der Waals surface area contributed by atoms with Crippen LogP contribution >= 0.6 is 36.4 Å². The molecule has 2 aromatic heterocycles. The molecule has 0 bridgehead atoms. The van der Waals surface area contributed by atoms with Crippen molar-refractivity contribution in [1.29, 1.82) is 0 Å². The number of anilines is 1. The van der Waals surface area contributed by atoms with Gasteiger partial charge in [0, 0.05) is 24.7 Å². The average Bonchev–Trinajstić information content (AvgIpc) is 3.06. The summed E-state index contributed by atoms with van der Waals surface area (Å²) in [4.78, 5) is 27.2. The molecule has 11 heteroatoms. The number of nitrogens with two attached hydrogens (primary N) is 1. The lowest BCUT2D eigenvalue weighted by atomic mass is 10.0. The van der Waals surface area contributed by atoms with Crippen molar-refractivity contribution in [3.8, 4) is 0 Å². The molecule has 1 aromatic carbocycles. The fourth-order valence-corrected chi connectivity index (χ4v) is 3.46. The van der Waals surface area contributed by atoms with Crippen molar-refractivity contribution in [3.63, 3.8) is 0 Å². The maximum atomic E-state index is 13.0. The smallest absolute Gasteiger partial charge is 0.243 e. The Balaban J connectivity index is 0.00000140. The van der Waals surface area contributed by atoms with Crippen LogP contribution in [0.4, 0.5) is 5.82 Å². The molecule has 1 aliphatic rings. The second-order valence-corrected chi connectivity index (χ2v) is 6.60. The molecule has 0 spiro atoms. The van der Waals surface area contributed by atoms with E-state index in [1.165, 1.54) is 6.33 Å². The Labute approximate surface area is 179 Å². The molecule has 3 heterocycles. The number of nitrogens with one attached hydrogen (secondary N) is 1. The Kier molecular flexibility index (Phi) is 7.42. The molecular formula is C17H20Cl3N7O. The second kappa shape index (κ2) is 9.38. The first-order valence-corrected chi connectivity index (χ1v) is 8.68. The summed E-state index contributed by atoms with van der Waals surface area (Å²) < 4.78 is 1.70. The van der Waals surface area contributed by atoms with Crippen LogP contribution in [-0.4, -0.2) is 50.0 Å². The molecule has 1 amide bonds. The van der Waals surface area contributed by atoms with Gasteiger partial charge in [-0.1, -0.05) is 23.7 Å². The van der Waals surface area contributed by atoms with Gasteiger partial charge < -0.3 is 20.5 Å². The van der Waals surface area contributed by atoms with Crippen molar-refractivity contribution < 1.29 is 4.79 Å². The number of hydrogen-bond acceptors (Lipinski definition) is 6. The first-order valence-electron chi connectivity index (χ1n) is 8.30. The molecule has 0 aliphatic carbocycles. The molecular weight excluding hydrogens is 425 g/mol. The summed E-state index contributed by atoms with van der Waals surface area (Å²) in [5, 5.41) is 4.00. The number of rotatable bonds is 3. The highest BCUT2D eigenvalue weighted by molar-refractivity contribution is 6.30. The Morgan fingerprint density at radius 2 is 2.11 bits per heavy atom. The third kappa shape index (κ3) is 4.30. The van der Waals surface area contributed by atoms with Crippen LogP contribution in [0.3, 0.4) is 0 Å². The van der Waals surface area contributed by atoms with Gasteiger partial charge in [-0.05, 0) is 17.7 Å². The summed E-state index contributed by atoms with van der Waals surface area (Å²) in [6, 6.07) is 7.56. The van der Waals surface area contributed by atoms with Crippen LogP contribution in [0, 0.1) is 0 Å². The maximum absolute atomic E-state index is 13.0. The van der Waals surface area contributed by atoms with E-state index in [-0.39, 0.29) is 43.3 Å². The molecule has 150 valence electrons. The van der Waals surface area contributed by atoms with E-state index in [0.717, 1.165) is 12.1 Å². The third-order valence-electron chi connectivity index (χ3n) is 4.53. The second-order valence-electron chi connectivity index (χ2n) is 6.17. The number of nitrogens with zero attached hydrogens (tertiary/aromatic N) is 5. The number of hydrogen-bond donors (Lipinski definition) is 2. The number of nitrogen functional groups attached to an aromatic ring is 1. The zero-order valence-corrected chi connectivity index (χ0v) is 17.2. The SMILES string of the molecule is Cl.Cl.Nc1ncnc2c1ncn2CC(=O)N1CCNCC1c1cccc(Cl)c1. The van der Waals surface area contributed by atoms with Gasteiger partial charge in [0.25, 0.3) is 0 Å². The molecule has 4 rings (SSSR count). The number of benzene rings is 1. The van der Waals surface area contributed by atoms with Crippen LogP contribution in [0.5, 0.6) is 0 Å². The van der Waals surface area contributed by atoms with Gasteiger partial charge in [-0.15, -0.1) is 24.8 Å². The van der Waals surface area contributed by atoms with Crippen LogP contribution in [0.2, 0.25) is 5.02 Å². The minimum Gasteiger partial charge on any atom is -0.382 e. The molecule has 0 radical (unpaired) electrons. The van der Waals surface area contributed by atoms with Crippen molar-refractivity contribution in [3.05, 3.63) is 47.5 Å². The van der Waals surface area contributed by atoms with Gasteiger partial charge in [0.15, 0.2) is 11.5 Å². The number of imidazole rings is 1. The molecule has 1 saturated heterocycles. The van der Waals surface area contributed by atoms with Crippen LogP contribution < -0.4 is 11.1 Å². The van der Waals surface area contributed by atoms with E-state index in [0.29, 0.717) is 35.1 Å². The molecule has 1 atom stereocenters. The predicted octanol–water partition coefficient (Wildman–Crippen LogP) is 2.08. The lowest BCUT2D eigenvalue weighted by molar-refractivity contribution is -0.135.